The number of hydrogen-bond acceptors (Lipinski definition) is 3. The lowest BCUT2D eigenvalue weighted by Gasteiger charge is -2.26. The topological polar surface area (TPSA) is 52.3 Å². The van der Waals surface area contributed by atoms with E-state index in [0.29, 0.717) is 12.4 Å². The first kappa shape index (κ1) is 12.1. The molecule has 0 radical (unpaired) electrons. The summed E-state index contributed by atoms with van der Waals surface area (Å²) < 4.78 is 16.8. The largest absolute Gasteiger partial charge is 0.384 e. The zero-order chi connectivity index (χ0) is 10.8. The fraction of sp³-hybridized carbons (Fsp3) is 1.00. The molecule has 1 fully saturated rings. The monoisotopic (exact) mass is 219 g/mol. The summed E-state index contributed by atoms with van der Waals surface area (Å²) in [6, 6.07) is 0.0696. The third-order valence-electron chi connectivity index (χ3n) is 3.20. The van der Waals surface area contributed by atoms with Crippen molar-refractivity contribution in [2.24, 2.45) is 11.1 Å². The van der Waals surface area contributed by atoms with Gasteiger partial charge in [-0.3, -0.25) is 4.21 Å². The van der Waals surface area contributed by atoms with E-state index in [4.69, 9.17) is 10.5 Å². The Balaban J connectivity index is 2.50. The van der Waals surface area contributed by atoms with Gasteiger partial charge >= 0.3 is 0 Å². The quantitative estimate of drug-likeness (QED) is 0.764. The van der Waals surface area contributed by atoms with Crippen molar-refractivity contribution >= 4 is 10.8 Å². The second-order valence-electron chi connectivity index (χ2n) is 4.67. The Morgan fingerprint density at radius 2 is 2.21 bits per heavy atom. The number of nitrogens with two attached hydrogens (primary N) is 1. The maximum atomic E-state index is 11.9. The number of ether oxygens (including phenoxy) is 1. The predicted molar refractivity (Wildman–Crippen MR) is 59.7 cm³/mol. The average molecular weight is 219 g/mol. The molecule has 84 valence electrons. The zero-order valence-electron chi connectivity index (χ0n) is 9.29. The summed E-state index contributed by atoms with van der Waals surface area (Å²) in [5, 5.41) is 0.167. The third kappa shape index (κ3) is 2.55. The molecular formula is C10H21NO2S. The van der Waals surface area contributed by atoms with Gasteiger partial charge in [-0.15, -0.1) is 0 Å². The van der Waals surface area contributed by atoms with E-state index in [1.54, 1.807) is 7.11 Å². The molecule has 1 saturated carbocycles. The lowest BCUT2D eigenvalue weighted by atomic mass is 9.88. The highest BCUT2D eigenvalue weighted by Crippen LogP contribution is 2.38. The van der Waals surface area contributed by atoms with Gasteiger partial charge in [-0.1, -0.05) is 13.8 Å². The van der Waals surface area contributed by atoms with Gasteiger partial charge in [-0.05, 0) is 18.3 Å². The molecule has 3 nitrogen and oxygen atoms in total. The molecule has 0 aromatic heterocycles. The first-order chi connectivity index (χ1) is 6.49. The summed E-state index contributed by atoms with van der Waals surface area (Å²) in [5.41, 5.74) is 6.24. The molecule has 0 spiro atoms. The Kier molecular flexibility index (Phi) is 4.10. The normalized spacial score (nSPS) is 33.1. The van der Waals surface area contributed by atoms with E-state index in [0.717, 1.165) is 12.8 Å². The molecule has 1 aliphatic rings. The smallest absolute Gasteiger partial charge is 0.0577 e. The number of hydrogen-bond donors (Lipinski definition) is 1. The summed E-state index contributed by atoms with van der Waals surface area (Å²) in [6.07, 6.45) is 2.07. The molecule has 3 atom stereocenters. The van der Waals surface area contributed by atoms with Crippen LogP contribution in [0.4, 0.5) is 0 Å². The molecule has 0 aromatic carbocycles. The van der Waals surface area contributed by atoms with E-state index >= 15 is 0 Å². The number of rotatable bonds is 4. The zero-order valence-corrected chi connectivity index (χ0v) is 10.1. The van der Waals surface area contributed by atoms with E-state index in [1.165, 1.54) is 0 Å². The van der Waals surface area contributed by atoms with Crippen molar-refractivity contribution in [1.82, 2.24) is 0 Å². The van der Waals surface area contributed by atoms with Crippen LogP contribution in [0, 0.1) is 5.41 Å². The Bertz CT molecular complexity index is 218. The maximum Gasteiger partial charge on any atom is 0.0577 e. The van der Waals surface area contributed by atoms with Crippen molar-refractivity contribution in [3.05, 3.63) is 0 Å². The second kappa shape index (κ2) is 4.73. The molecular weight excluding hydrogens is 198 g/mol. The Labute approximate surface area is 88.8 Å². The van der Waals surface area contributed by atoms with Gasteiger partial charge in [-0.25, -0.2) is 0 Å². The highest BCUT2D eigenvalue weighted by molar-refractivity contribution is 7.85. The summed E-state index contributed by atoms with van der Waals surface area (Å²) >= 11 is 0. The standard InChI is InChI=1S/C10H21NO2S/c1-10(2)5-4-8(9(10)11)14(12)7-6-13-3/h8-9H,4-7,11H2,1-3H3. The van der Waals surface area contributed by atoms with Gasteiger partial charge in [0.2, 0.25) is 0 Å². The molecule has 0 amide bonds. The lowest BCUT2D eigenvalue weighted by Crippen LogP contribution is -2.42. The van der Waals surface area contributed by atoms with Crippen LogP contribution in [0.2, 0.25) is 0 Å². The van der Waals surface area contributed by atoms with Crippen molar-refractivity contribution in [1.29, 1.82) is 0 Å². The van der Waals surface area contributed by atoms with Crippen LogP contribution >= 0.6 is 0 Å². The predicted octanol–water partition coefficient (Wildman–Crippen LogP) is 0.897. The van der Waals surface area contributed by atoms with Gasteiger partial charge in [0, 0.05) is 29.7 Å². The molecule has 14 heavy (non-hydrogen) atoms. The first-order valence-electron chi connectivity index (χ1n) is 5.11. The van der Waals surface area contributed by atoms with Crippen LogP contribution in [0.3, 0.4) is 0 Å². The van der Waals surface area contributed by atoms with Crippen LogP contribution in [0.5, 0.6) is 0 Å². The van der Waals surface area contributed by atoms with Crippen LogP contribution in [0.1, 0.15) is 26.7 Å². The van der Waals surface area contributed by atoms with Crippen LogP contribution < -0.4 is 5.73 Å². The van der Waals surface area contributed by atoms with E-state index in [9.17, 15) is 4.21 Å². The van der Waals surface area contributed by atoms with Gasteiger partial charge in [-0.2, -0.15) is 0 Å². The fourth-order valence-corrected chi connectivity index (χ4v) is 3.69. The molecule has 4 heteroatoms. The minimum Gasteiger partial charge on any atom is -0.384 e. The molecule has 0 saturated heterocycles. The van der Waals surface area contributed by atoms with Crippen molar-refractivity contribution in [2.45, 2.75) is 38.0 Å². The van der Waals surface area contributed by atoms with E-state index < -0.39 is 10.8 Å². The molecule has 0 aliphatic heterocycles. The SMILES string of the molecule is COCCS(=O)C1CCC(C)(C)C1N. The van der Waals surface area contributed by atoms with Gasteiger partial charge < -0.3 is 10.5 Å². The Hall–Kier alpha value is 0.0700. The molecule has 0 bridgehead atoms. The molecule has 3 unspecified atom stereocenters. The lowest BCUT2D eigenvalue weighted by molar-refractivity contribution is 0.217. The van der Waals surface area contributed by atoms with Crippen LogP contribution in [0.25, 0.3) is 0 Å². The first-order valence-corrected chi connectivity index (χ1v) is 6.49. The molecule has 0 aromatic rings. The fourth-order valence-electron chi connectivity index (χ4n) is 1.98. The van der Waals surface area contributed by atoms with Gasteiger partial charge in [0.1, 0.15) is 0 Å². The minimum absolute atomic E-state index is 0.0696. The molecule has 1 aliphatic carbocycles. The third-order valence-corrected chi connectivity index (χ3v) is 4.98. The highest BCUT2D eigenvalue weighted by atomic mass is 32.2. The summed E-state index contributed by atoms with van der Waals surface area (Å²) in [4.78, 5) is 0. The van der Waals surface area contributed by atoms with Crippen molar-refractivity contribution < 1.29 is 8.95 Å². The summed E-state index contributed by atoms with van der Waals surface area (Å²) in [5.74, 6) is 0.616. The van der Waals surface area contributed by atoms with Gasteiger partial charge in [0.25, 0.3) is 0 Å². The van der Waals surface area contributed by atoms with Gasteiger partial charge in [0.15, 0.2) is 0 Å². The van der Waals surface area contributed by atoms with E-state index in [1.807, 2.05) is 0 Å². The highest BCUT2D eigenvalue weighted by Gasteiger charge is 2.41. The Morgan fingerprint density at radius 3 is 2.64 bits per heavy atom. The molecule has 0 heterocycles. The Morgan fingerprint density at radius 1 is 1.57 bits per heavy atom. The van der Waals surface area contributed by atoms with E-state index in [2.05, 4.69) is 13.8 Å². The van der Waals surface area contributed by atoms with Crippen LogP contribution in [-0.2, 0) is 15.5 Å². The summed E-state index contributed by atoms with van der Waals surface area (Å²) in [6.45, 7) is 4.88. The molecule has 2 N–H and O–H groups in total. The van der Waals surface area contributed by atoms with E-state index in [-0.39, 0.29) is 16.7 Å². The number of methoxy groups -OCH3 is 1. The average Bonchev–Trinajstić information content (AvgIpc) is 2.39. The molecule has 1 rings (SSSR count). The van der Waals surface area contributed by atoms with Crippen molar-refractivity contribution in [3.63, 3.8) is 0 Å². The van der Waals surface area contributed by atoms with Crippen LogP contribution in [-0.4, -0.2) is 35.0 Å². The van der Waals surface area contributed by atoms with Gasteiger partial charge in [0.05, 0.1) is 11.9 Å². The maximum absolute atomic E-state index is 11.9. The second-order valence-corrected chi connectivity index (χ2v) is 6.44. The minimum atomic E-state index is -0.822. The van der Waals surface area contributed by atoms with Crippen molar-refractivity contribution in [3.8, 4) is 0 Å². The van der Waals surface area contributed by atoms with Crippen molar-refractivity contribution in [2.75, 3.05) is 19.5 Å². The summed E-state index contributed by atoms with van der Waals surface area (Å²) in [7, 11) is 0.813. The van der Waals surface area contributed by atoms with Crippen LogP contribution in [0.15, 0.2) is 0 Å².